The second kappa shape index (κ2) is 3.19. The SMILES string of the molecule is CC1=C2CC[C@H](C)C[C@@H]2OOC1. The molecule has 0 N–H and O–H groups in total. The van der Waals surface area contributed by atoms with Gasteiger partial charge in [-0.3, -0.25) is 0 Å². The van der Waals surface area contributed by atoms with Gasteiger partial charge in [0.25, 0.3) is 0 Å². The Balaban J connectivity index is 2.16. The standard InChI is InChI=1S/C10H16O2/c1-7-3-4-9-8(2)6-11-12-10(9)5-7/h7,10H,3-6H2,1-2H3/t7-,10-/m0/s1. The van der Waals surface area contributed by atoms with Crippen molar-refractivity contribution in [3.05, 3.63) is 11.1 Å². The third-order valence-corrected chi connectivity index (χ3v) is 2.92. The van der Waals surface area contributed by atoms with Crippen LogP contribution in [0.4, 0.5) is 0 Å². The van der Waals surface area contributed by atoms with Gasteiger partial charge in [-0.15, -0.1) is 0 Å². The summed E-state index contributed by atoms with van der Waals surface area (Å²) >= 11 is 0. The van der Waals surface area contributed by atoms with Crippen LogP contribution < -0.4 is 0 Å². The Hall–Kier alpha value is -0.340. The first kappa shape index (κ1) is 8.27. The molecule has 0 amide bonds. The first-order valence-electron chi connectivity index (χ1n) is 4.74. The lowest BCUT2D eigenvalue weighted by atomic mass is 9.82. The van der Waals surface area contributed by atoms with E-state index in [4.69, 9.17) is 9.78 Å². The molecule has 12 heavy (non-hydrogen) atoms. The van der Waals surface area contributed by atoms with Crippen LogP contribution in [0.25, 0.3) is 0 Å². The average Bonchev–Trinajstić information content (AvgIpc) is 2.04. The van der Waals surface area contributed by atoms with Crippen LogP contribution in [0.5, 0.6) is 0 Å². The van der Waals surface area contributed by atoms with E-state index in [0.29, 0.717) is 6.61 Å². The molecule has 1 aliphatic heterocycles. The van der Waals surface area contributed by atoms with E-state index >= 15 is 0 Å². The summed E-state index contributed by atoms with van der Waals surface area (Å²) < 4.78 is 0. The number of rotatable bonds is 0. The van der Waals surface area contributed by atoms with Crippen LogP contribution in [-0.2, 0) is 9.78 Å². The lowest BCUT2D eigenvalue weighted by Gasteiger charge is -2.33. The minimum Gasteiger partial charge on any atom is -0.232 e. The summed E-state index contributed by atoms with van der Waals surface area (Å²) in [6.45, 7) is 5.10. The first-order chi connectivity index (χ1) is 5.77. The van der Waals surface area contributed by atoms with Crippen molar-refractivity contribution in [2.45, 2.75) is 39.2 Å². The van der Waals surface area contributed by atoms with Gasteiger partial charge in [0.1, 0.15) is 12.7 Å². The maximum absolute atomic E-state index is 5.26. The van der Waals surface area contributed by atoms with Crippen LogP contribution in [0.2, 0.25) is 0 Å². The number of hydrogen-bond donors (Lipinski definition) is 0. The highest BCUT2D eigenvalue weighted by Crippen LogP contribution is 2.34. The quantitative estimate of drug-likeness (QED) is 0.408. The Morgan fingerprint density at radius 2 is 2.25 bits per heavy atom. The van der Waals surface area contributed by atoms with Gasteiger partial charge in [-0.05, 0) is 43.3 Å². The van der Waals surface area contributed by atoms with Crippen LogP contribution in [-0.4, -0.2) is 12.7 Å². The summed E-state index contributed by atoms with van der Waals surface area (Å²) in [5.41, 5.74) is 2.89. The molecule has 0 spiro atoms. The molecule has 2 rings (SSSR count). The van der Waals surface area contributed by atoms with Crippen molar-refractivity contribution in [1.29, 1.82) is 0 Å². The van der Waals surface area contributed by atoms with Gasteiger partial charge in [-0.2, -0.15) is 0 Å². The summed E-state index contributed by atoms with van der Waals surface area (Å²) in [4.78, 5) is 10.3. The Bertz CT molecular complexity index is 208. The molecule has 2 heteroatoms. The molecule has 0 saturated heterocycles. The summed E-state index contributed by atoms with van der Waals surface area (Å²) in [5.74, 6) is 0.785. The molecule has 1 saturated carbocycles. The summed E-state index contributed by atoms with van der Waals surface area (Å²) in [6, 6.07) is 0. The normalized spacial score (nSPS) is 36.5. The fraction of sp³-hybridized carbons (Fsp3) is 0.800. The van der Waals surface area contributed by atoms with Crippen molar-refractivity contribution in [3.63, 3.8) is 0 Å². The maximum atomic E-state index is 5.26. The molecule has 0 aromatic carbocycles. The van der Waals surface area contributed by atoms with E-state index < -0.39 is 0 Å². The van der Waals surface area contributed by atoms with E-state index in [1.165, 1.54) is 24.0 Å². The zero-order valence-electron chi connectivity index (χ0n) is 7.80. The minimum absolute atomic E-state index is 0.266. The summed E-state index contributed by atoms with van der Waals surface area (Å²) in [6.07, 6.45) is 3.92. The lowest BCUT2D eigenvalue weighted by Crippen LogP contribution is -2.29. The van der Waals surface area contributed by atoms with E-state index in [9.17, 15) is 0 Å². The molecule has 68 valence electrons. The summed E-state index contributed by atoms with van der Waals surface area (Å²) in [5, 5.41) is 0. The summed E-state index contributed by atoms with van der Waals surface area (Å²) in [7, 11) is 0. The van der Waals surface area contributed by atoms with E-state index in [0.717, 1.165) is 12.3 Å². The van der Waals surface area contributed by atoms with E-state index in [-0.39, 0.29) is 6.10 Å². The van der Waals surface area contributed by atoms with Crippen LogP contribution in [0.1, 0.15) is 33.1 Å². The molecule has 0 radical (unpaired) electrons. The van der Waals surface area contributed by atoms with E-state index in [2.05, 4.69) is 13.8 Å². The molecule has 1 aliphatic carbocycles. The van der Waals surface area contributed by atoms with Gasteiger partial charge in [0.15, 0.2) is 0 Å². The number of hydrogen-bond acceptors (Lipinski definition) is 2. The highest BCUT2D eigenvalue weighted by Gasteiger charge is 2.29. The van der Waals surface area contributed by atoms with Crippen LogP contribution >= 0.6 is 0 Å². The zero-order chi connectivity index (χ0) is 8.55. The molecule has 1 fully saturated rings. The van der Waals surface area contributed by atoms with Gasteiger partial charge in [0, 0.05) is 0 Å². The highest BCUT2D eigenvalue weighted by molar-refractivity contribution is 5.20. The average molecular weight is 168 g/mol. The minimum atomic E-state index is 0.266. The second-order valence-electron chi connectivity index (χ2n) is 4.03. The third-order valence-electron chi connectivity index (χ3n) is 2.92. The van der Waals surface area contributed by atoms with Gasteiger partial charge in [0.2, 0.25) is 0 Å². The Labute approximate surface area is 73.5 Å². The van der Waals surface area contributed by atoms with Crippen molar-refractivity contribution < 1.29 is 9.78 Å². The van der Waals surface area contributed by atoms with Gasteiger partial charge in [0.05, 0.1) is 0 Å². The molecule has 0 aromatic heterocycles. The Morgan fingerprint density at radius 3 is 3.08 bits per heavy atom. The lowest BCUT2D eigenvalue weighted by molar-refractivity contribution is -0.323. The van der Waals surface area contributed by atoms with Crippen molar-refractivity contribution >= 4 is 0 Å². The largest absolute Gasteiger partial charge is 0.232 e. The molecule has 2 nitrogen and oxygen atoms in total. The van der Waals surface area contributed by atoms with Crippen LogP contribution in [0.15, 0.2) is 11.1 Å². The van der Waals surface area contributed by atoms with Gasteiger partial charge in [-0.1, -0.05) is 6.92 Å². The zero-order valence-corrected chi connectivity index (χ0v) is 7.80. The van der Waals surface area contributed by atoms with E-state index in [1.54, 1.807) is 0 Å². The van der Waals surface area contributed by atoms with Crippen LogP contribution in [0, 0.1) is 5.92 Å². The topological polar surface area (TPSA) is 18.5 Å². The second-order valence-corrected chi connectivity index (χ2v) is 4.03. The predicted octanol–water partition coefficient (Wildman–Crippen LogP) is 2.45. The monoisotopic (exact) mass is 168 g/mol. The molecule has 2 atom stereocenters. The Kier molecular flexibility index (Phi) is 2.20. The molecule has 1 heterocycles. The fourth-order valence-electron chi connectivity index (χ4n) is 2.07. The Morgan fingerprint density at radius 1 is 1.42 bits per heavy atom. The molecule has 0 unspecified atom stereocenters. The molecular weight excluding hydrogens is 152 g/mol. The smallest absolute Gasteiger partial charge is 0.115 e. The molecular formula is C10H16O2. The van der Waals surface area contributed by atoms with Crippen molar-refractivity contribution in [2.75, 3.05) is 6.61 Å². The third kappa shape index (κ3) is 1.41. The predicted molar refractivity (Wildman–Crippen MR) is 46.5 cm³/mol. The number of fused-ring (bicyclic) bond motifs is 1. The fourth-order valence-corrected chi connectivity index (χ4v) is 2.07. The van der Waals surface area contributed by atoms with Gasteiger partial charge in [-0.25, -0.2) is 9.78 Å². The van der Waals surface area contributed by atoms with Crippen molar-refractivity contribution in [3.8, 4) is 0 Å². The first-order valence-corrected chi connectivity index (χ1v) is 4.74. The maximum Gasteiger partial charge on any atom is 0.115 e. The van der Waals surface area contributed by atoms with Gasteiger partial charge >= 0.3 is 0 Å². The van der Waals surface area contributed by atoms with Crippen molar-refractivity contribution in [1.82, 2.24) is 0 Å². The molecule has 2 aliphatic rings. The van der Waals surface area contributed by atoms with Gasteiger partial charge < -0.3 is 0 Å². The molecule has 0 bridgehead atoms. The van der Waals surface area contributed by atoms with E-state index in [1.807, 2.05) is 0 Å². The molecule has 0 aromatic rings. The van der Waals surface area contributed by atoms with Crippen molar-refractivity contribution in [2.24, 2.45) is 5.92 Å². The highest BCUT2D eigenvalue weighted by atomic mass is 17.2. The van der Waals surface area contributed by atoms with Crippen LogP contribution in [0.3, 0.4) is 0 Å².